The summed E-state index contributed by atoms with van der Waals surface area (Å²) in [5.41, 5.74) is 1.13. The van der Waals surface area contributed by atoms with Crippen molar-refractivity contribution < 1.29 is 9.47 Å². The van der Waals surface area contributed by atoms with Crippen LogP contribution in [-0.4, -0.2) is 39.5 Å². The van der Waals surface area contributed by atoms with E-state index in [4.69, 9.17) is 9.47 Å². The molecule has 0 bridgehead atoms. The van der Waals surface area contributed by atoms with E-state index >= 15 is 0 Å². The molecule has 1 heterocycles. The third-order valence-electron chi connectivity index (χ3n) is 2.63. The number of ether oxygens (including phenoxy) is 2. The molecule has 0 aliphatic carbocycles. The Bertz CT molecular complexity index is 176. The molecule has 0 radical (unpaired) electrons. The second-order valence-electron chi connectivity index (χ2n) is 4.10. The Balaban J connectivity index is 1.97. The molecular weight excluding hydrogens is 190 g/mol. The summed E-state index contributed by atoms with van der Waals surface area (Å²) in [6, 6.07) is 0. The maximum absolute atomic E-state index is 5.64. The Labute approximate surface area is 92.8 Å². The minimum Gasteiger partial charge on any atom is -0.381 e. The third-order valence-corrected chi connectivity index (χ3v) is 2.63. The summed E-state index contributed by atoms with van der Waals surface area (Å²) in [5, 5.41) is 3.24. The Morgan fingerprint density at radius 1 is 1.47 bits per heavy atom. The van der Waals surface area contributed by atoms with Gasteiger partial charge in [-0.2, -0.15) is 0 Å². The topological polar surface area (TPSA) is 30.5 Å². The minimum atomic E-state index is 0.685. The van der Waals surface area contributed by atoms with Gasteiger partial charge in [0.05, 0.1) is 6.61 Å². The van der Waals surface area contributed by atoms with Gasteiger partial charge in [-0.05, 0) is 30.9 Å². The lowest BCUT2D eigenvalue weighted by atomic mass is 10.0. The maximum atomic E-state index is 5.64. The number of nitrogens with one attached hydrogen (secondary N) is 1. The predicted molar refractivity (Wildman–Crippen MR) is 62.0 cm³/mol. The van der Waals surface area contributed by atoms with Crippen LogP contribution >= 0.6 is 0 Å². The van der Waals surface area contributed by atoms with Gasteiger partial charge in [-0.15, -0.1) is 0 Å². The largest absolute Gasteiger partial charge is 0.381 e. The average Bonchev–Trinajstić information content (AvgIpc) is 2.28. The highest BCUT2D eigenvalue weighted by molar-refractivity contribution is 4.96. The molecule has 15 heavy (non-hydrogen) atoms. The molecule has 3 heteroatoms. The minimum absolute atomic E-state index is 0.685. The van der Waals surface area contributed by atoms with E-state index < -0.39 is 0 Å². The molecule has 0 amide bonds. The summed E-state index contributed by atoms with van der Waals surface area (Å²) in [7, 11) is 0. The fourth-order valence-corrected chi connectivity index (χ4v) is 1.64. The molecule has 1 rings (SSSR count). The van der Waals surface area contributed by atoms with E-state index in [0.717, 1.165) is 51.3 Å². The summed E-state index contributed by atoms with van der Waals surface area (Å²) in [6.45, 7) is 11.2. The molecule has 0 unspecified atom stereocenters. The molecule has 1 N–H and O–H groups in total. The summed E-state index contributed by atoms with van der Waals surface area (Å²) in [5.74, 6) is 0.686. The van der Waals surface area contributed by atoms with Crippen molar-refractivity contribution in [2.75, 3.05) is 39.5 Å². The van der Waals surface area contributed by atoms with Crippen LogP contribution in [0.4, 0.5) is 0 Å². The van der Waals surface area contributed by atoms with Crippen LogP contribution in [0.1, 0.15) is 19.8 Å². The second kappa shape index (κ2) is 7.85. The van der Waals surface area contributed by atoms with Crippen LogP contribution in [-0.2, 0) is 9.47 Å². The first-order valence-corrected chi connectivity index (χ1v) is 5.85. The Hall–Kier alpha value is -0.380. The van der Waals surface area contributed by atoms with E-state index in [0.29, 0.717) is 12.5 Å². The van der Waals surface area contributed by atoms with Crippen LogP contribution in [0.3, 0.4) is 0 Å². The number of hydrogen-bond donors (Lipinski definition) is 1. The monoisotopic (exact) mass is 213 g/mol. The lowest BCUT2D eigenvalue weighted by Crippen LogP contribution is -2.22. The normalized spacial score (nSPS) is 17.9. The van der Waals surface area contributed by atoms with Crippen molar-refractivity contribution in [2.45, 2.75) is 19.8 Å². The maximum Gasteiger partial charge on any atom is 0.0686 e. The Morgan fingerprint density at radius 2 is 2.20 bits per heavy atom. The van der Waals surface area contributed by atoms with Gasteiger partial charge in [-0.25, -0.2) is 0 Å². The van der Waals surface area contributed by atoms with Gasteiger partial charge in [0.15, 0.2) is 0 Å². The summed E-state index contributed by atoms with van der Waals surface area (Å²) in [4.78, 5) is 0. The summed E-state index contributed by atoms with van der Waals surface area (Å²) in [6.07, 6.45) is 2.28. The van der Waals surface area contributed by atoms with E-state index in [1.807, 2.05) is 0 Å². The van der Waals surface area contributed by atoms with Gasteiger partial charge in [0.1, 0.15) is 0 Å². The Kier molecular flexibility index (Phi) is 6.64. The van der Waals surface area contributed by atoms with Gasteiger partial charge < -0.3 is 14.8 Å². The van der Waals surface area contributed by atoms with Crippen LogP contribution in [0.25, 0.3) is 0 Å². The zero-order chi connectivity index (χ0) is 10.9. The van der Waals surface area contributed by atoms with Crippen molar-refractivity contribution in [3.8, 4) is 0 Å². The SMILES string of the molecule is C=C(CNCC)COCC1CCOCC1. The molecule has 88 valence electrons. The van der Waals surface area contributed by atoms with Gasteiger partial charge >= 0.3 is 0 Å². The highest BCUT2D eigenvalue weighted by Gasteiger charge is 2.13. The highest BCUT2D eigenvalue weighted by atomic mass is 16.5. The van der Waals surface area contributed by atoms with Gasteiger partial charge in [0.25, 0.3) is 0 Å². The lowest BCUT2D eigenvalue weighted by Gasteiger charge is -2.21. The standard InChI is InChI=1S/C12H23NO2/c1-3-13-8-11(2)9-15-10-12-4-6-14-7-5-12/h12-13H,2-10H2,1H3. The fraction of sp³-hybridized carbons (Fsp3) is 0.833. The van der Waals surface area contributed by atoms with Crippen LogP contribution < -0.4 is 5.32 Å². The van der Waals surface area contributed by atoms with Crippen LogP contribution in [0.5, 0.6) is 0 Å². The molecule has 1 saturated heterocycles. The van der Waals surface area contributed by atoms with E-state index in [9.17, 15) is 0 Å². The predicted octanol–water partition coefficient (Wildman–Crippen LogP) is 1.60. The van der Waals surface area contributed by atoms with Crippen molar-refractivity contribution in [1.82, 2.24) is 5.32 Å². The first-order chi connectivity index (χ1) is 7.33. The van der Waals surface area contributed by atoms with Crippen molar-refractivity contribution in [3.63, 3.8) is 0 Å². The molecule has 0 atom stereocenters. The van der Waals surface area contributed by atoms with Crippen LogP contribution in [0, 0.1) is 5.92 Å². The molecule has 3 nitrogen and oxygen atoms in total. The van der Waals surface area contributed by atoms with E-state index in [2.05, 4.69) is 18.8 Å². The van der Waals surface area contributed by atoms with Crippen LogP contribution in [0.2, 0.25) is 0 Å². The molecule has 0 spiro atoms. The first kappa shape index (κ1) is 12.7. The molecule has 1 aliphatic rings. The average molecular weight is 213 g/mol. The van der Waals surface area contributed by atoms with E-state index in [1.54, 1.807) is 0 Å². The van der Waals surface area contributed by atoms with Crippen molar-refractivity contribution in [3.05, 3.63) is 12.2 Å². The van der Waals surface area contributed by atoms with Crippen LogP contribution in [0.15, 0.2) is 12.2 Å². The number of hydrogen-bond acceptors (Lipinski definition) is 3. The summed E-state index contributed by atoms with van der Waals surface area (Å²) >= 11 is 0. The van der Waals surface area contributed by atoms with E-state index in [-0.39, 0.29) is 0 Å². The van der Waals surface area contributed by atoms with Gasteiger partial charge in [0, 0.05) is 26.4 Å². The lowest BCUT2D eigenvalue weighted by molar-refractivity contribution is 0.0257. The fourth-order valence-electron chi connectivity index (χ4n) is 1.64. The third kappa shape index (κ3) is 5.92. The molecule has 0 aromatic heterocycles. The number of likely N-dealkylation sites (N-methyl/N-ethyl adjacent to an activating group) is 1. The smallest absolute Gasteiger partial charge is 0.0686 e. The molecule has 0 aromatic carbocycles. The van der Waals surface area contributed by atoms with Crippen molar-refractivity contribution >= 4 is 0 Å². The quantitative estimate of drug-likeness (QED) is 0.652. The van der Waals surface area contributed by atoms with Crippen molar-refractivity contribution in [2.24, 2.45) is 5.92 Å². The van der Waals surface area contributed by atoms with Gasteiger partial charge in [-0.3, -0.25) is 0 Å². The number of rotatable bonds is 7. The molecule has 0 aromatic rings. The molecular formula is C12H23NO2. The molecule has 0 saturated carbocycles. The molecule has 1 aliphatic heterocycles. The van der Waals surface area contributed by atoms with E-state index in [1.165, 1.54) is 0 Å². The molecule has 1 fully saturated rings. The van der Waals surface area contributed by atoms with Gasteiger partial charge in [0.2, 0.25) is 0 Å². The Morgan fingerprint density at radius 3 is 2.87 bits per heavy atom. The van der Waals surface area contributed by atoms with Gasteiger partial charge in [-0.1, -0.05) is 13.5 Å². The first-order valence-electron chi connectivity index (χ1n) is 5.85. The summed E-state index contributed by atoms with van der Waals surface area (Å²) < 4.78 is 10.9. The second-order valence-corrected chi connectivity index (χ2v) is 4.10. The zero-order valence-corrected chi connectivity index (χ0v) is 9.76. The highest BCUT2D eigenvalue weighted by Crippen LogP contribution is 2.14. The van der Waals surface area contributed by atoms with Crippen molar-refractivity contribution in [1.29, 1.82) is 0 Å². The zero-order valence-electron chi connectivity index (χ0n) is 9.76.